The van der Waals surface area contributed by atoms with Gasteiger partial charge in [-0.05, 0) is 30.9 Å². The highest BCUT2D eigenvalue weighted by Crippen LogP contribution is 2.53. The molecule has 3 rings (SSSR count). The van der Waals surface area contributed by atoms with Crippen molar-refractivity contribution in [2.45, 2.75) is 18.4 Å². The van der Waals surface area contributed by atoms with Gasteiger partial charge in [0.1, 0.15) is 5.82 Å². The van der Waals surface area contributed by atoms with Crippen LogP contribution >= 0.6 is 0 Å². The molecular weight excluding hydrogens is 210 g/mol. The van der Waals surface area contributed by atoms with E-state index in [0.717, 1.165) is 5.82 Å². The van der Waals surface area contributed by atoms with Gasteiger partial charge in [0.2, 0.25) is 0 Å². The average Bonchev–Trinajstić information content (AvgIpc) is 2.97. The molecule has 1 fully saturated rings. The third-order valence-electron chi connectivity index (χ3n) is 3.62. The predicted octanol–water partition coefficient (Wildman–Crippen LogP) is 2.47. The zero-order valence-electron chi connectivity index (χ0n) is 9.93. The number of aromatic nitrogens is 2. The van der Waals surface area contributed by atoms with Crippen molar-refractivity contribution in [2.24, 2.45) is 5.92 Å². The maximum Gasteiger partial charge on any atom is 0.123 e. The van der Waals surface area contributed by atoms with E-state index in [9.17, 15) is 0 Å². The number of hydrogen-bond donors (Lipinski definition) is 2. The average molecular weight is 227 g/mol. The Labute approximate surface area is 101 Å². The van der Waals surface area contributed by atoms with Crippen LogP contribution in [0.3, 0.4) is 0 Å². The molecule has 1 aromatic carbocycles. The summed E-state index contributed by atoms with van der Waals surface area (Å²) < 4.78 is 0. The summed E-state index contributed by atoms with van der Waals surface area (Å²) >= 11 is 0. The number of benzene rings is 1. The fourth-order valence-corrected chi connectivity index (χ4v) is 2.67. The van der Waals surface area contributed by atoms with E-state index in [1.165, 1.54) is 12.0 Å². The Morgan fingerprint density at radius 1 is 1.35 bits per heavy atom. The lowest BCUT2D eigenvalue weighted by atomic mass is 10.1. The molecule has 88 valence electrons. The lowest BCUT2D eigenvalue weighted by Gasteiger charge is -2.13. The molecule has 1 aliphatic rings. The second-order valence-electron chi connectivity index (χ2n) is 4.66. The molecule has 0 amide bonds. The number of rotatable bonds is 4. The Morgan fingerprint density at radius 2 is 2.18 bits per heavy atom. The van der Waals surface area contributed by atoms with Crippen LogP contribution in [0.25, 0.3) is 0 Å². The molecule has 0 bridgehead atoms. The molecule has 0 aliphatic heterocycles. The van der Waals surface area contributed by atoms with E-state index in [2.05, 4.69) is 45.6 Å². The van der Waals surface area contributed by atoms with E-state index in [-0.39, 0.29) is 0 Å². The molecule has 2 aromatic rings. The van der Waals surface area contributed by atoms with Crippen LogP contribution in [0.2, 0.25) is 0 Å². The zero-order valence-corrected chi connectivity index (χ0v) is 9.93. The molecule has 3 nitrogen and oxygen atoms in total. The van der Waals surface area contributed by atoms with Gasteiger partial charge in [-0.1, -0.05) is 30.3 Å². The fourth-order valence-electron chi connectivity index (χ4n) is 2.67. The Hall–Kier alpha value is -1.61. The van der Waals surface area contributed by atoms with Gasteiger partial charge in [-0.3, -0.25) is 0 Å². The van der Waals surface area contributed by atoms with Crippen molar-refractivity contribution in [1.82, 2.24) is 15.3 Å². The molecule has 0 radical (unpaired) electrons. The quantitative estimate of drug-likeness (QED) is 0.842. The van der Waals surface area contributed by atoms with Gasteiger partial charge in [-0.2, -0.15) is 0 Å². The molecule has 1 aliphatic carbocycles. The van der Waals surface area contributed by atoms with Crippen molar-refractivity contribution >= 4 is 0 Å². The fraction of sp³-hybridized carbons (Fsp3) is 0.357. The molecule has 1 saturated carbocycles. The minimum atomic E-state index is 0.343. The van der Waals surface area contributed by atoms with Gasteiger partial charge in [0, 0.05) is 12.4 Å². The third kappa shape index (κ3) is 1.98. The van der Waals surface area contributed by atoms with Gasteiger partial charge in [-0.25, -0.2) is 4.98 Å². The Balaban J connectivity index is 1.75. The number of nitrogens with zero attached hydrogens (tertiary/aromatic N) is 1. The largest absolute Gasteiger partial charge is 0.347 e. The number of H-pyrrole nitrogens is 1. The summed E-state index contributed by atoms with van der Waals surface area (Å²) in [5, 5.41) is 3.37. The summed E-state index contributed by atoms with van der Waals surface area (Å²) in [6.07, 6.45) is 4.95. The zero-order chi connectivity index (χ0) is 11.7. The second kappa shape index (κ2) is 4.34. The maximum atomic E-state index is 4.36. The summed E-state index contributed by atoms with van der Waals surface area (Å²) in [6, 6.07) is 11.1. The van der Waals surface area contributed by atoms with E-state index >= 15 is 0 Å². The van der Waals surface area contributed by atoms with Gasteiger partial charge in [0.25, 0.3) is 0 Å². The highest BCUT2D eigenvalue weighted by atomic mass is 15.0. The molecule has 1 heterocycles. The van der Waals surface area contributed by atoms with Gasteiger partial charge in [0.05, 0.1) is 6.04 Å². The summed E-state index contributed by atoms with van der Waals surface area (Å²) in [5.74, 6) is 2.39. The van der Waals surface area contributed by atoms with Gasteiger partial charge in [0.15, 0.2) is 0 Å². The van der Waals surface area contributed by atoms with Crippen LogP contribution in [0.4, 0.5) is 0 Å². The van der Waals surface area contributed by atoms with E-state index < -0.39 is 0 Å². The van der Waals surface area contributed by atoms with Gasteiger partial charge < -0.3 is 10.3 Å². The van der Waals surface area contributed by atoms with Crippen molar-refractivity contribution in [3.63, 3.8) is 0 Å². The van der Waals surface area contributed by atoms with Crippen LogP contribution in [0, 0.1) is 5.92 Å². The van der Waals surface area contributed by atoms with E-state index in [4.69, 9.17) is 0 Å². The van der Waals surface area contributed by atoms with Crippen LogP contribution in [-0.4, -0.2) is 17.0 Å². The molecule has 3 atom stereocenters. The van der Waals surface area contributed by atoms with Crippen LogP contribution in [0.1, 0.15) is 29.8 Å². The summed E-state index contributed by atoms with van der Waals surface area (Å²) in [7, 11) is 2.01. The molecule has 17 heavy (non-hydrogen) atoms. The van der Waals surface area contributed by atoms with Crippen LogP contribution in [0.15, 0.2) is 42.7 Å². The highest BCUT2D eigenvalue weighted by molar-refractivity contribution is 5.27. The minimum Gasteiger partial charge on any atom is -0.347 e. The first-order valence-corrected chi connectivity index (χ1v) is 6.11. The van der Waals surface area contributed by atoms with Crippen molar-refractivity contribution in [3.8, 4) is 0 Å². The Kier molecular flexibility index (Phi) is 2.69. The van der Waals surface area contributed by atoms with Crippen LogP contribution < -0.4 is 5.32 Å². The first-order chi connectivity index (χ1) is 8.40. The normalized spacial score (nSPS) is 24.5. The lowest BCUT2D eigenvalue weighted by Crippen LogP contribution is -2.20. The summed E-state index contributed by atoms with van der Waals surface area (Å²) in [6.45, 7) is 0. The maximum absolute atomic E-state index is 4.36. The third-order valence-corrected chi connectivity index (χ3v) is 3.62. The van der Waals surface area contributed by atoms with Crippen molar-refractivity contribution < 1.29 is 0 Å². The number of hydrogen-bond acceptors (Lipinski definition) is 2. The predicted molar refractivity (Wildman–Crippen MR) is 67.7 cm³/mol. The van der Waals surface area contributed by atoms with Crippen molar-refractivity contribution in [3.05, 3.63) is 54.1 Å². The van der Waals surface area contributed by atoms with Crippen LogP contribution in [-0.2, 0) is 0 Å². The number of aromatic amines is 1. The number of imidazole rings is 1. The highest BCUT2D eigenvalue weighted by Gasteiger charge is 2.44. The van der Waals surface area contributed by atoms with Gasteiger partial charge in [-0.15, -0.1) is 0 Å². The monoisotopic (exact) mass is 227 g/mol. The molecule has 3 unspecified atom stereocenters. The number of nitrogens with one attached hydrogen (secondary N) is 2. The molecular formula is C14H17N3. The summed E-state index contributed by atoms with van der Waals surface area (Å²) in [5.41, 5.74) is 1.45. The topological polar surface area (TPSA) is 40.7 Å². The van der Waals surface area contributed by atoms with Crippen molar-refractivity contribution in [1.29, 1.82) is 0 Å². The molecule has 3 heteroatoms. The molecule has 0 saturated heterocycles. The molecule has 0 spiro atoms. The Bertz CT molecular complexity index is 463. The lowest BCUT2D eigenvalue weighted by molar-refractivity contribution is 0.495. The van der Waals surface area contributed by atoms with Crippen LogP contribution in [0.5, 0.6) is 0 Å². The van der Waals surface area contributed by atoms with Gasteiger partial charge >= 0.3 is 0 Å². The summed E-state index contributed by atoms with van der Waals surface area (Å²) in [4.78, 5) is 7.57. The first-order valence-electron chi connectivity index (χ1n) is 6.11. The Morgan fingerprint density at radius 3 is 2.82 bits per heavy atom. The minimum absolute atomic E-state index is 0.343. The first kappa shape index (κ1) is 10.5. The second-order valence-corrected chi connectivity index (χ2v) is 4.66. The van der Waals surface area contributed by atoms with Crippen molar-refractivity contribution in [2.75, 3.05) is 7.05 Å². The van der Waals surface area contributed by atoms with E-state index in [0.29, 0.717) is 17.9 Å². The SMILES string of the molecule is CNC(c1ncc[nH]1)C1CC1c1ccccc1. The van der Waals surface area contributed by atoms with E-state index in [1.54, 1.807) is 0 Å². The standard InChI is InChI=1S/C14H17N3/c1-15-13(14-16-7-8-17-14)12-9-11(12)10-5-3-2-4-6-10/h2-8,11-13,15H,9H2,1H3,(H,16,17). The smallest absolute Gasteiger partial charge is 0.123 e. The van der Waals surface area contributed by atoms with E-state index in [1.807, 2.05) is 19.4 Å². The molecule has 1 aromatic heterocycles. The molecule has 2 N–H and O–H groups in total.